The summed E-state index contributed by atoms with van der Waals surface area (Å²) < 4.78 is 19.7. The highest BCUT2D eigenvalue weighted by molar-refractivity contribution is 5.78. The van der Waals surface area contributed by atoms with Crippen molar-refractivity contribution in [2.24, 2.45) is 11.8 Å². The molecular formula is C17H23FN2O2. The van der Waals surface area contributed by atoms with Gasteiger partial charge in [0.25, 0.3) is 0 Å². The summed E-state index contributed by atoms with van der Waals surface area (Å²) in [4.78, 5) is 14.3. The normalized spacial score (nSPS) is 28.9. The molecule has 4 nitrogen and oxygen atoms in total. The monoisotopic (exact) mass is 306 g/mol. The number of ether oxygens (including phenoxy) is 1. The molecule has 2 saturated heterocycles. The average Bonchev–Trinajstić information content (AvgIpc) is 2.55. The third-order valence-corrected chi connectivity index (χ3v) is 4.89. The Labute approximate surface area is 130 Å². The van der Waals surface area contributed by atoms with Gasteiger partial charge in [0.2, 0.25) is 5.91 Å². The van der Waals surface area contributed by atoms with Crippen molar-refractivity contribution in [3.63, 3.8) is 0 Å². The number of halogens is 1. The molecule has 0 radical (unpaired) electrons. The minimum atomic E-state index is -0.160. The molecule has 120 valence electrons. The number of benzene rings is 1. The molecule has 22 heavy (non-hydrogen) atoms. The van der Waals surface area contributed by atoms with Crippen molar-refractivity contribution >= 4 is 5.91 Å². The second-order valence-corrected chi connectivity index (χ2v) is 6.20. The number of piperidine rings is 1. The molecular weight excluding hydrogens is 283 g/mol. The van der Waals surface area contributed by atoms with Crippen molar-refractivity contribution < 1.29 is 13.9 Å². The Balaban J connectivity index is 1.69. The van der Waals surface area contributed by atoms with Gasteiger partial charge >= 0.3 is 0 Å². The molecule has 1 aromatic carbocycles. The van der Waals surface area contributed by atoms with Crippen LogP contribution in [0.5, 0.6) is 0 Å². The zero-order valence-corrected chi connectivity index (χ0v) is 12.9. The van der Waals surface area contributed by atoms with E-state index in [1.807, 2.05) is 12.1 Å². The van der Waals surface area contributed by atoms with Gasteiger partial charge in [-0.1, -0.05) is 18.2 Å². The molecule has 0 saturated carbocycles. The van der Waals surface area contributed by atoms with Crippen molar-refractivity contribution in [2.45, 2.75) is 25.5 Å². The van der Waals surface area contributed by atoms with E-state index in [4.69, 9.17) is 4.74 Å². The molecule has 0 unspecified atom stereocenters. The molecule has 3 atom stereocenters. The highest BCUT2D eigenvalue weighted by Gasteiger charge is 2.41. The lowest BCUT2D eigenvalue weighted by atomic mass is 9.79. The standard InChI is InChI=1S/C17H23FN2O2/c1-19-17(21)13-7-9-22-16-6-8-20(11-14(13)16)10-12-4-2-3-5-15(12)18/h2-5,13-14,16H,6-11H2,1H3,(H,19,21)/t13-,14+,16-/m0/s1. The first-order valence-electron chi connectivity index (χ1n) is 7.98. The van der Waals surface area contributed by atoms with Gasteiger partial charge in [0.1, 0.15) is 5.82 Å². The van der Waals surface area contributed by atoms with Gasteiger partial charge in [-0.15, -0.1) is 0 Å². The first-order valence-corrected chi connectivity index (χ1v) is 7.98. The van der Waals surface area contributed by atoms with E-state index in [1.54, 1.807) is 13.1 Å². The summed E-state index contributed by atoms with van der Waals surface area (Å²) in [5.41, 5.74) is 0.717. The SMILES string of the molecule is CNC(=O)[C@H]1CCO[C@H]2CCN(Cc3ccccc3F)C[C@@H]21. The Morgan fingerprint density at radius 1 is 1.41 bits per heavy atom. The van der Waals surface area contributed by atoms with Crippen LogP contribution < -0.4 is 5.32 Å². The van der Waals surface area contributed by atoms with Crippen LogP contribution in [0.1, 0.15) is 18.4 Å². The van der Waals surface area contributed by atoms with Crippen molar-refractivity contribution in [1.29, 1.82) is 0 Å². The lowest BCUT2D eigenvalue weighted by Gasteiger charge is -2.44. The number of fused-ring (bicyclic) bond motifs is 1. The fraction of sp³-hybridized carbons (Fsp3) is 0.588. The first-order chi connectivity index (χ1) is 10.7. The second-order valence-electron chi connectivity index (χ2n) is 6.20. The molecule has 0 spiro atoms. The van der Waals surface area contributed by atoms with Crippen molar-refractivity contribution in [1.82, 2.24) is 10.2 Å². The van der Waals surface area contributed by atoms with Gasteiger partial charge in [-0.2, -0.15) is 0 Å². The van der Waals surface area contributed by atoms with Crippen LogP contribution in [-0.4, -0.2) is 43.7 Å². The lowest BCUT2D eigenvalue weighted by molar-refractivity contribution is -0.141. The van der Waals surface area contributed by atoms with Gasteiger partial charge in [0.05, 0.1) is 6.10 Å². The van der Waals surface area contributed by atoms with E-state index >= 15 is 0 Å². The molecule has 2 aliphatic heterocycles. The van der Waals surface area contributed by atoms with Crippen LogP contribution in [0.15, 0.2) is 24.3 Å². The summed E-state index contributed by atoms with van der Waals surface area (Å²) in [6, 6.07) is 6.90. The molecule has 1 aromatic rings. The van der Waals surface area contributed by atoms with Crippen LogP contribution in [0.3, 0.4) is 0 Å². The smallest absolute Gasteiger partial charge is 0.223 e. The summed E-state index contributed by atoms with van der Waals surface area (Å²) >= 11 is 0. The van der Waals surface area contributed by atoms with Gasteiger partial charge in [0.15, 0.2) is 0 Å². The molecule has 2 heterocycles. The van der Waals surface area contributed by atoms with Crippen molar-refractivity contribution in [3.8, 4) is 0 Å². The topological polar surface area (TPSA) is 41.6 Å². The fourth-order valence-corrected chi connectivity index (χ4v) is 3.71. The number of nitrogens with zero attached hydrogens (tertiary/aromatic N) is 1. The summed E-state index contributed by atoms with van der Waals surface area (Å²) in [5, 5.41) is 2.77. The maximum absolute atomic E-state index is 13.8. The molecule has 0 aromatic heterocycles. The number of hydrogen-bond donors (Lipinski definition) is 1. The number of carbonyl (C=O) groups excluding carboxylic acids is 1. The molecule has 2 fully saturated rings. The number of nitrogens with one attached hydrogen (secondary N) is 1. The van der Waals surface area contributed by atoms with Gasteiger partial charge in [-0.3, -0.25) is 9.69 Å². The van der Waals surface area contributed by atoms with Crippen LogP contribution in [0.2, 0.25) is 0 Å². The molecule has 1 N–H and O–H groups in total. The quantitative estimate of drug-likeness (QED) is 0.926. The fourth-order valence-electron chi connectivity index (χ4n) is 3.71. The summed E-state index contributed by atoms with van der Waals surface area (Å²) in [7, 11) is 1.69. The van der Waals surface area contributed by atoms with Crippen LogP contribution in [0, 0.1) is 17.7 Å². The summed E-state index contributed by atoms with van der Waals surface area (Å²) in [6.45, 7) is 2.93. The third-order valence-electron chi connectivity index (χ3n) is 4.89. The van der Waals surface area contributed by atoms with E-state index in [2.05, 4.69) is 10.2 Å². The van der Waals surface area contributed by atoms with Gasteiger partial charge in [-0.05, 0) is 18.9 Å². The van der Waals surface area contributed by atoms with Gasteiger partial charge in [-0.25, -0.2) is 4.39 Å². The highest BCUT2D eigenvalue weighted by Crippen LogP contribution is 2.33. The Morgan fingerprint density at radius 2 is 2.23 bits per heavy atom. The van der Waals surface area contributed by atoms with Gasteiger partial charge < -0.3 is 10.1 Å². The number of likely N-dealkylation sites (tertiary alicyclic amines) is 1. The van der Waals surface area contributed by atoms with E-state index in [0.717, 1.165) is 25.9 Å². The van der Waals surface area contributed by atoms with E-state index in [1.165, 1.54) is 6.07 Å². The second kappa shape index (κ2) is 6.75. The average molecular weight is 306 g/mol. The van der Waals surface area contributed by atoms with E-state index in [-0.39, 0.29) is 29.7 Å². The van der Waals surface area contributed by atoms with E-state index in [0.29, 0.717) is 18.7 Å². The summed E-state index contributed by atoms with van der Waals surface area (Å²) in [6.07, 6.45) is 1.84. The van der Waals surface area contributed by atoms with E-state index < -0.39 is 0 Å². The zero-order chi connectivity index (χ0) is 15.5. The Bertz CT molecular complexity index is 537. The molecule has 0 bridgehead atoms. The predicted molar refractivity (Wildman–Crippen MR) is 81.7 cm³/mol. The van der Waals surface area contributed by atoms with Gasteiger partial charge in [0, 0.05) is 50.7 Å². The van der Waals surface area contributed by atoms with E-state index in [9.17, 15) is 9.18 Å². The van der Waals surface area contributed by atoms with Crippen LogP contribution in [0.4, 0.5) is 4.39 Å². The Kier molecular flexibility index (Phi) is 4.74. The van der Waals surface area contributed by atoms with Crippen LogP contribution in [0.25, 0.3) is 0 Å². The molecule has 3 rings (SSSR count). The summed E-state index contributed by atoms with van der Waals surface area (Å²) in [5.74, 6) is 0.153. The maximum atomic E-state index is 13.8. The van der Waals surface area contributed by atoms with Crippen LogP contribution >= 0.6 is 0 Å². The van der Waals surface area contributed by atoms with Crippen molar-refractivity contribution in [2.75, 3.05) is 26.7 Å². The largest absolute Gasteiger partial charge is 0.378 e. The molecule has 1 amide bonds. The maximum Gasteiger partial charge on any atom is 0.223 e. The highest BCUT2D eigenvalue weighted by atomic mass is 19.1. The Hall–Kier alpha value is -1.46. The minimum absolute atomic E-state index is 0.00664. The third kappa shape index (κ3) is 3.15. The predicted octanol–water partition coefficient (Wildman–Crippen LogP) is 1.80. The molecule has 5 heteroatoms. The number of amides is 1. The first kappa shape index (κ1) is 15.4. The number of rotatable bonds is 3. The number of hydrogen-bond acceptors (Lipinski definition) is 3. The number of carbonyl (C=O) groups is 1. The zero-order valence-electron chi connectivity index (χ0n) is 12.9. The van der Waals surface area contributed by atoms with Crippen molar-refractivity contribution in [3.05, 3.63) is 35.6 Å². The molecule has 0 aliphatic carbocycles. The minimum Gasteiger partial charge on any atom is -0.378 e. The van der Waals surface area contributed by atoms with Crippen LogP contribution in [-0.2, 0) is 16.1 Å². The molecule has 2 aliphatic rings. The lowest BCUT2D eigenvalue weighted by Crippen LogP contribution is -2.52. The Morgan fingerprint density at radius 3 is 3.00 bits per heavy atom.